The van der Waals surface area contributed by atoms with Gasteiger partial charge in [-0.05, 0) is 71.2 Å². The number of carbonyl (C=O) groups is 2. The fraction of sp³-hybridized carbons (Fsp3) is 0.400. The lowest BCUT2D eigenvalue weighted by atomic mass is 9.82. The van der Waals surface area contributed by atoms with E-state index < -0.39 is 18.2 Å². The number of halogens is 1. The molecule has 2 amide bonds. The first kappa shape index (κ1) is 27.7. The third-order valence-corrected chi connectivity index (χ3v) is 8.55. The molecule has 5 rings (SSSR count). The van der Waals surface area contributed by atoms with Crippen molar-refractivity contribution in [3.05, 3.63) is 75.5 Å². The van der Waals surface area contributed by atoms with Crippen LogP contribution in [0.1, 0.15) is 31.4 Å². The second-order valence-corrected chi connectivity index (χ2v) is 11.4. The Hall–Kier alpha value is -2.89. The van der Waals surface area contributed by atoms with Crippen molar-refractivity contribution in [1.29, 1.82) is 0 Å². The molecule has 0 saturated heterocycles. The van der Waals surface area contributed by atoms with Crippen LogP contribution >= 0.6 is 22.6 Å². The number of ether oxygens (including phenoxy) is 1. The minimum Gasteiger partial charge on any atom is -0.482 e. The van der Waals surface area contributed by atoms with Crippen molar-refractivity contribution in [2.75, 3.05) is 19.7 Å². The second kappa shape index (κ2) is 12.5. The molecule has 3 unspecified atom stereocenters. The molecule has 1 heterocycles. The van der Waals surface area contributed by atoms with Crippen molar-refractivity contribution in [2.45, 2.75) is 50.4 Å². The molecule has 2 aromatic carbocycles. The summed E-state index contributed by atoms with van der Waals surface area (Å²) in [6.45, 7) is 0.353. The minimum atomic E-state index is -1.03. The fourth-order valence-electron chi connectivity index (χ4n) is 5.30. The number of nitrogens with one attached hydrogen (secondary N) is 2. The van der Waals surface area contributed by atoms with Gasteiger partial charge >= 0.3 is 0 Å². The molecule has 2 aliphatic rings. The first-order valence-corrected chi connectivity index (χ1v) is 14.6. The SMILES string of the molecule is O=C(NCCO)C1=CC(Oc2ccccc2I)C(O)C(N(CCc2cc3ccccc3[nH]2)C(=O)C2CCC2)C1. The number of nitrogens with zero attached hydrogens (tertiary/aromatic N) is 1. The van der Waals surface area contributed by atoms with E-state index in [4.69, 9.17) is 4.74 Å². The topological polar surface area (TPSA) is 115 Å². The Morgan fingerprint density at radius 2 is 1.90 bits per heavy atom. The van der Waals surface area contributed by atoms with Crippen LogP contribution in [0.25, 0.3) is 10.9 Å². The Kier molecular flexibility index (Phi) is 8.89. The molecule has 206 valence electrons. The first-order valence-electron chi connectivity index (χ1n) is 13.5. The zero-order valence-electron chi connectivity index (χ0n) is 21.7. The number of aromatic amines is 1. The number of hydrogen-bond donors (Lipinski definition) is 4. The fourth-order valence-corrected chi connectivity index (χ4v) is 5.82. The molecule has 3 aromatic rings. The highest BCUT2D eigenvalue weighted by atomic mass is 127. The standard InChI is InChI=1S/C30H34IN3O5/c31-23-9-2-4-11-26(23)39-27-18-21(29(37)32-13-15-35)17-25(28(27)36)34(30(38)19-7-5-8-19)14-12-22-16-20-6-1-3-10-24(20)33-22/h1-4,6,9-11,16,18-19,25,27-28,33,35-36H,5,7-8,12-15,17H2,(H,32,37). The molecule has 39 heavy (non-hydrogen) atoms. The van der Waals surface area contributed by atoms with E-state index in [1.54, 1.807) is 11.0 Å². The maximum atomic E-state index is 13.7. The third-order valence-electron chi connectivity index (χ3n) is 7.66. The van der Waals surface area contributed by atoms with Crippen molar-refractivity contribution < 1.29 is 24.5 Å². The molecule has 0 radical (unpaired) electrons. The number of aromatic nitrogens is 1. The smallest absolute Gasteiger partial charge is 0.247 e. The molecule has 4 N–H and O–H groups in total. The van der Waals surface area contributed by atoms with Crippen LogP contribution in [0.15, 0.2) is 66.2 Å². The predicted octanol–water partition coefficient (Wildman–Crippen LogP) is 3.56. The van der Waals surface area contributed by atoms with Gasteiger partial charge in [0.05, 0.1) is 16.2 Å². The lowest BCUT2D eigenvalue weighted by Crippen LogP contribution is -2.57. The summed E-state index contributed by atoms with van der Waals surface area (Å²) in [5, 5.41) is 24.7. The van der Waals surface area contributed by atoms with Gasteiger partial charge in [0.1, 0.15) is 18.0 Å². The van der Waals surface area contributed by atoms with E-state index in [-0.39, 0.29) is 37.3 Å². The number of aliphatic hydroxyl groups is 2. The molecule has 0 aliphatic heterocycles. The normalized spacial score (nSPS) is 21.2. The summed E-state index contributed by atoms with van der Waals surface area (Å²) in [5.74, 6) is 0.228. The van der Waals surface area contributed by atoms with Crippen LogP contribution in [0.5, 0.6) is 5.75 Å². The number of hydrogen-bond acceptors (Lipinski definition) is 5. The van der Waals surface area contributed by atoms with Crippen molar-refractivity contribution in [3.63, 3.8) is 0 Å². The van der Waals surface area contributed by atoms with Gasteiger partial charge in [-0.3, -0.25) is 9.59 Å². The summed E-state index contributed by atoms with van der Waals surface area (Å²) in [4.78, 5) is 32.0. The van der Waals surface area contributed by atoms with E-state index in [1.807, 2.05) is 48.5 Å². The van der Waals surface area contributed by atoms with Crippen LogP contribution in [0.3, 0.4) is 0 Å². The molecular weight excluding hydrogens is 609 g/mol. The second-order valence-electron chi connectivity index (χ2n) is 10.2. The molecule has 8 nitrogen and oxygen atoms in total. The Bertz CT molecular complexity index is 1320. The highest BCUT2D eigenvalue weighted by Gasteiger charge is 2.42. The first-order chi connectivity index (χ1) is 18.9. The molecule has 2 aliphatic carbocycles. The Morgan fingerprint density at radius 3 is 2.62 bits per heavy atom. The minimum absolute atomic E-state index is 0.0199. The summed E-state index contributed by atoms with van der Waals surface area (Å²) in [6, 6.07) is 17.0. The number of rotatable bonds is 10. The summed E-state index contributed by atoms with van der Waals surface area (Å²) < 4.78 is 7.12. The van der Waals surface area contributed by atoms with Gasteiger partial charge in [-0.25, -0.2) is 0 Å². The van der Waals surface area contributed by atoms with Crippen LogP contribution in [0.4, 0.5) is 0 Å². The number of H-pyrrole nitrogens is 1. The van der Waals surface area contributed by atoms with E-state index in [9.17, 15) is 19.8 Å². The molecule has 1 fully saturated rings. The summed E-state index contributed by atoms with van der Waals surface area (Å²) >= 11 is 2.17. The number of fused-ring (bicyclic) bond motifs is 1. The van der Waals surface area contributed by atoms with Gasteiger partial charge in [0, 0.05) is 48.6 Å². The molecule has 1 saturated carbocycles. The Balaban J connectivity index is 1.43. The van der Waals surface area contributed by atoms with Gasteiger partial charge in [0.2, 0.25) is 11.8 Å². The largest absolute Gasteiger partial charge is 0.482 e. The van der Waals surface area contributed by atoms with E-state index in [0.717, 1.165) is 39.4 Å². The van der Waals surface area contributed by atoms with E-state index in [2.05, 4.69) is 39.0 Å². The molecule has 9 heteroatoms. The van der Waals surface area contributed by atoms with Gasteiger partial charge in [-0.15, -0.1) is 0 Å². The lowest BCUT2D eigenvalue weighted by molar-refractivity contribution is -0.145. The van der Waals surface area contributed by atoms with Crippen LogP contribution in [-0.2, 0) is 16.0 Å². The van der Waals surface area contributed by atoms with Crippen molar-refractivity contribution in [1.82, 2.24) is 15.2 Å². The Morgan fingerprint density at radius 1 is 1.13 bits per heavy atom. The van der Waals surface area contributed by atoms with Gasteiger partial charge in [-0.2, -0.15) is 0 Å². The highest BCUT2D eigenvalue weighted by Crippen LogP contribution is 2.34. The molecule has 1 aromatic heterocycles. The molecular formula is C30H34IN3O5. The van der Waals surface area contributed by atoms with Crippen LogP contribution in [-0.4, -0.2) is 69.9 Å². The quantitative estimate of drug-likeness (QED) is 0.253. The number of benzene rings is 2. The molecule has 3 atom stereocenters. The average molecular weight is 644 g/mol. The maximum Gasteiger partial charge on any atom is 0.247 e. The number of carbonyl (C=O) groups excluding carboxylic acids is 2. The van der Waals surface area contributed by atoms with Crippen molar-refractivity contribution in [3.8, 4) is 5.75 Å². The third kappa shape index (κ3) is 6.31. The van der Waals surface area contributed by atoms with Gasteiger partial charge in [0.15, 0.2) is 0 Å². The zero-order valence-corrected chi connectivity index (χ0v) is 23.8. The number of aliphatic hydroxyl groups excluding tert-OH is 2. The van der Waals surface area contributed by atoms with E-state index >= 15 is 0 Å². The van der Waals surface area contributed by atoms with Crippen LogP contribution in [0, 0.1) is 9.49 Å². The van der Waals surface area contributed by atoms with Gasteiger partial charge in [-0.1, -0.05) is 36.8 Å². The van der Waals surface area contributed by atoms with Crippen LogP contribution < -0.4 is 10.1 Å². The Labute approximate surface area is 241 Å². The van der Waals surface area contributed by atoms with Gasteiger partial charge < -0.3 is 30.2 Å². The lowest BCUT2D eigenvalue weighted by Gasteiger charge is -2.43. The highest BCUT2D eigenvalue weighted by molar-refractivity contribution is 14.1. The van der Waals surface area contributed by atoms with E-state index in [0.29, 0.717) is 24.3 Å². The summed E-state index contributed by atoms with van der Waals surface area (Å²) in [5.41, 5.74) is 2.49. The van der Waals surface area contributed by atoms with E-state index in [1.165, 1.54) is 0 Å². The molecule has 0 bridgehead atoms. The maximum absolute atomic E-state index is 13.7. The van der Waals surface area contributed by atoms with Crippen molar-refractivity contribution in [2.24, 2.45) is 5.92 Å². The van der Waals surface area contributed by atoms with Gasteiger partial charge in [0.25, 0.3) is 0 Å². The number of para-hydroxylation sites is 2. The monoisotopic (exact) mass is 643 g/mol. The predicted molar refractivity (Wildman–Crippen MR) is 157 cm³/mol. The molecule has 0 spiro atoms. The summed E-state index contributed by atoms with van der Waals surface area (Å²) in [6.07, 6.45) is 3.30. The van der Waals surface area contributed by atoms with Crippen LogP contribution in [0.2, 0.25) is 0 Å². The zero-order chi connectivity index (χ0) is 27.4. The van der Waals surface area contributed by atoms with Crippen molar-refractivity contribution >= 4 is 45.3 Å². The average Bonchev–Trinajstić information content (AvgIpc) is 3.32. The number of amides is 2. The summed E-state index contributed by atoms with van der Waals surface area (Å²) in [7, 11) is 0.